The summed E-state index contributed by atoms with van der Waals surface area (Å²) in [6.07, 6.45) is 2.51. The molecule has 12 nitrogen and oxygen atoms in total. The molecule has 0 aromatic heterocycles. The Labute approximate surface area is 285 Å². The van der Waals surface area contributed by atoms with E-state index in [9.17, 15) is 29.0 Å². The number of ether oxygens (including phenoxy) is 4. The first-order valence-electron chi connectivity index (χ1n) is 15.7. The average Bonchev–Trinajstić information content (AvgIpc) is 3.06. The molecule has 2 bridgehead atoms. The Hall–Kier alpha value is -4.72. The van der Waals surface area contributed by atoms with E-state index in [4.69, 9.17) is 24.7 Å². The fourth-order valence-corrected chi connectivity index (χ4v) is 5.72. The Kier molecular flexibility index (Phi) is 13.9. The van der Waals surface area contributed by atoms with Crippen LogP contribution in [0.1, 0.15) is 50.0 Å². The molecule has 6 atom stereocenters. The van der Waals surface area contributed by atoms with E-state index >= 15 is 0 Å². The van der Waals surface area contributed by atoms with Gasteiger partial charge >= 0.3 is 6.09 Å². The normalized spacial score (nSPS) is 26.7. The number of allylic oxidation sites excluding steroid dienone is 2. The summed E-state index contributed by atoms with van der Waals surface area (Å²) < 4.78 is 35.9. The topological polar surface area (TPSA) is 179 Å². The maximum absolute atomic E-state index is 13.5. The molecule has 0 fully saturated rings. The molecule has 0 radical (unpaired) electrons. The zero-order valence-electron chi connectivity index (χ0n) is 28.8. The van der Waals surface area contributed by atoms with Crippen molar-refractivity contribution in [1.82, 2.24) is 0 Å². The summed E-state index contributed by atoms with van der Waals surface area (Å²) in [5, 5.41) is 28.3. The van der Waals surface area contributed by atoms with Crippen molar-refractivity contribution >= 4 is 29.3 Å². The second-order valence-corrected chi connectivity index (χ2v) is 12.1. The number of phenols is 1. The fraction of sp³-hybridized carbons (Fsp3) is 0.417. The van der Waals surface area contributed by atoms with E-state index in [1.165, 1.54) is 45.6 Å². The van der Waals surface area contributed by atoms with Gasteiger partial charge in [0.25, 0.3) is 11.8 Å². The number of aliphatic hydroxyl groups excluding tert-OH is 1. The van der Waals surface area contributed by atoms with E-state index in [-0.39, 0.29) is 46.3 Å². The third-order valence-corrected chi connectivity index (χ3v) is 8.36. The third-order valence-electron chi connectivity index (χ3n) is 8.36. The Bertz CT molecular complexity index is 1590. The maximum Gasteiger partial charge on any atom is 0.405 e. The molecule has 13 heteroatoms. The first-order chi connectivity index (χ1) is 23.2. The first-order valence-corrected chi connectivity index (χ1v) is 15.7. The van der Waals surface area contributed by atoms with Crippen LogP contribution in [-0.2, 0) is 25.4 Å². The smallest absolute Gasteiger partial charge is 0.405 e. The number of phenolic OH excluding ortho intramolecular Hbond substituents is 1. The Morgan fingerprint density at radius 2 is 1.76 bits per heavy atom. The van der Waals surface area contributed by atoms with E-state index in [1.54, 1.807) is 39.0 Å². The Balaban J connectivity index is 2.16. The number of carbonyl (C=O) groups is 3. The molecule has 0 saturated carbocycles. The minimum Gasteiger partial charge on any atom is -0.505 e. The van der Waals surface area contributed by atoms with E-state index in [0.29, 0.717) is 17.6 Å². The molecule has 0 saturated heterocycles. The highest BCUT2D eigenvalue weighted by atomic mass is 19.1. The number of aliphatic hydroxyl groups is 1. The zero-order chi connectivity index (χ0) is 36.4. The number of anilines is 2. The predicted molar refractivity (Wildman–Crippen MR) is 183 cm³/mol. The van der Waals surface area contributed by atoms with Gasteiger partial charge in [-0.1, -0.05) is 38.2 Å². The molecule has 1 aliphatic rings. The number of methoxy groups -OCH3 is 3. The van der Waals surface area contributed by atoms with Crippen molar-refractivity contribution in [3.8, 4) is 11.5 Å². The maximum atomic E-state index is 13.5. The Morgan fingerprint density at radius 3 is 2.35 bits per heavy atom. The van der Waals surface area contributed by atoms with Crippen LogP contribution in [-0.4, -0.2) is 73.9 Å². The number of hydrogen-bond acceptors (Lipinski definition) is 9. The highest BCUT2D eigenvalue weighted by molar-refractivity contribution is 6.08. The number of nitrogens with two attached hydrogens (primary N) is 1. The zero-order valence-corrected chi connectivity index (χ0v) is 28.8. The van der Waals surface area contributed by atoms with E-state index in [1.807, 2.05) is 6.92 Å². The molecule has 2 aromatic rings. The van der Waals surface area contributed by atoms with Crippen molar-refractivity contribution in [2.75, 3.05) is 32.0 Å². The van der Waals surface area contributed by atoms with Crippen molar-refractivity contribution in [3.05, 3.63) is 82.7 Å². The molecule has 0 unspecified atom stereocenters. The van der Waals surface area contributed by atoms with Gasteiger partial charge in [0.05, 0.1) is 30.7 Å². The van der Waals surface area contributed by atoms with Crippen LogP contribution >= 0.6 is 0 Å². The molecule has 0 spiro atoms. The van der Waals surface area contributed by atoms with Gasteiger partial charge in [0.15, 0.2) is 6.10 Å². The molecule has 49 heavy (non-hydrogen) atoms. The number of primary amides is 1. The number of carbonyl (C=O) groups excluding carboxylic acids is 3. The molecule has 3 amide bonds. The number of amides is 3. The summed E-state index contributed by atoms with van der Waals surface area (Å²) in [6.45, 7) is 6.98. The van der Waals surface area contributed by atoms with Crippen molar-refractivity contribution in [3.63, 3.8) is 0 Å². The molecular formula is C36H46FN3O9. The first kappa shape index (κ1) is 38.7. The van der Waals surface area contributed by atoms with Crippen LogP contribution in [0.4, 0.5) is 20.6 Å². The lowest BCUT2D eigenvalue weighted by molar-refractivity contribution is -0.112. The molecular weight excluding hydrogens is 637 g/mol. The summed E-state index contributed by atoms with van der Waals surface area (Å²) >= 11 is 0. The van der Waals surface area contributed by atoms with Gasteiger partial charge in [-0.15, -0.1) is 0 Å². The van der Waals surface area contributed by atoms with Crippen LogP contribution in [0.15, 0.2) is 65.8 Å². The summed E-state index contributed by atoms with van der Waals surface area (Å²) in [5.74, 6) is -2.46. The second-order valence-electron chi connectivity index (χ2n) is 12.1. The molecule has 1 heterocycles. The number of benzene rings is 2. The summed E-state index contributed by atoms with van der Waals surface area (Å²) in [4.78, 5) is 38.3. The highest BCUT2D eigenvalue weighted by Crippen LogP contribution is 2.43. The number of fused-ring (bicyclic) bond motifs is 2. The molecule has 266 valence electrons. The summed E-state index contributed by atoms with van der Waals surface area (Å²) in [5.41, 5.74) is 6.81. The van der Waals surface area contributed by atoms with Crippen LogP contribution in [0.5, 0.6) is 11.5 Å². The summed E-state index contributed by atoms with van der Waals surface area (Å²) in [6, 6.07) is 6.34. The standard InChI is InChI=1S/C36H46FN3O9/c1-19-15-25-31(42)26(18-27(33(25)48-7)40-35(44)23-11-13-24(37)14-12-23)39-34(43)20(2)9-8-10-28(46-5)32(49-36(38)45)22(4)17-21(3)30(41)29(16-19)47-6/h8-14,17-19,21,28-30,32,41-42H,15-16H2,1-7H3,(H2,38,45)(H,39,43)(H,40,44)/b10-8-,20-9+,22-17+/t19-,21+,28+,29+,30-,32+/m1/s1. The van der Waals surface area contributed by atoms with Gasteiger partial charge < -0.3 is 45.5 Å². The molecule has 6 N–H and O–H groups in total. The van der Waals surface area contributed by atoms with Gasteiger partial charge in [-0.05, 0) is 68.5 Å². The van der Waals surface area contributed by atoms with Crippen molar-refractivity contribution in [1.29, 1.82) is 0 Å². The second kappa shape index (κ2) is 17.6. The predicted octanol–water partition coefficient (Wildman–Crippen LogP) is 5.25. The SMILES string of the molecule is COc1c(NC(=O)c2ccc(F)cc2)cc2c(O)c1C[C@@H](C)C[C@H](OC)[C@H](O)[C@@H](C)/C=C(\C)[C@H](OC(N)=O)[C@@H](OC)/C=C\C=C(/C)C(=O)N2. The lowest BCUT2D eigenvalue weighted by atomic mass is 9.87. The largest absolute Gasteiger partial charge is 0.505 e. The number of halogens is 1. The van der Waals surface area contributed by atoms with E-state index < -0.39 is 54.1 Å². The summed E-state index contributed by atoms with van der Waals surface area (Å²) in [7, 11) is 4.29. The van der Waals surface area contributed by atoms with Gasteiger partial charge in [0, 0.05) is 36.8 Å². The molecule has 2 aromatic carbocycles. The van der Waals surface area contributed by atoms with Crippen LogP contribution in [0, 0.1) is 17.7 Å². The van der Waals surface area contributed by atoms with Crippen LogP contribution in [0.25, 0.3) is 0 Å². The quantitative estimate of drug-likeness (QED) is 0.154. The van der Waals surface area contributed by atoms with Crippen molar-refractivity contribution in [2.45, 2.75) is 65.0 Å². The molecule has 0 aliphatic carbocycles. The average molecular weight is 684 g/mol. The minimum atomic E-state index is -1.01. The van der Waals surface area contributed by atoms with Crippen molar-refractivity contribution < 1.29 is 47.9 Å². The van der Waals surface area contributed by atoms with Crippen molar-refractivity contribution in [2.24, 2.45) is 17.6 Å². The van der Waals surface area contributed by atoms with E-state index in [2.05, 4.69) is 10.6 Å². The fourth-order valence-electron chi connectivity index (χ4n) is 5.72. The monoisotopic (exact) mass is 683 g/mol. The van der Waals surface area contributed by atoms with E-state index in [0.717, 1.165) is 12.1 Å². The van der Waals surface area contributed by atoms with Crippen LogP contribution < -0.4 is 21.1 Å². The van der Waals surface area contributed by atoms with Gasteiger partial charge in [-0.3, -0.25) is 9.59 Å². The van der Waals surface area contributed by atoms with Gasteiger partial charge in [0.1, 0.15) is 23.4 Å². The van der Waals surface area contributed by atoms with Gasteiger partial charge in [-0.25, -0.2) is 9.18 Å². The lowest BCUT2D eigenvalue weighted by Gasteiger charge is -2.29. The highest BCUT2D eigenvalue weighted by Gasteiger charge is 2.30. The lowest BCUT2D eigenvalue weighted by Crippen LogP contribution is -2.37. The minimum absolute atomic E-state index is 0.00137. The van der Waals surface area contributed by atoms with Crippen LogP contribution in [0.3, 0.4) is 0 Å². The number of aromatic hydroxyl groups is 1. The van der Waals surface area contributed by atoms with Gasteiger partial charge in [-0.2, -0.15) is 0 Å². The third kappa shape index (κ3) is 10.1. The van der Waals surface area contributed by atoms with Crippen LogP contribution in [0.2, 0.25) is 0 Å². The number of hydrogen-bond donors (Lipinski definition) is 5. The Morgan fingerprint density at radius 1 is 1.08 bits per heavy atom. The molecule has 1 aliphatic heterocycles. The van der Waals surface area contributed by atoms with Gasteiger partial charge in [0.2, 0.25) is 0 Å². The molecule has 3 rings (SSSR count). The number of rotatable bonds is 6. The number of nitrogens with one attached hydrogen (secondary N) is 2.